The van der Waals surface area contributed by atoms with Crippen LogP contribution in [0.2, 0.25) is 0 Å². The van der Waals surface area contributed by atoms with Gasteiger partial charge >= 0.3 is 0 Å². The lowest BCUT2D eigenvalue weighted by Crippen LogP contribution is -2.23. The normalized spacial score (nSPS) is 11.8. The Morgan fingerprint density at radius 3 is 2.62 bits per heavy atom. The van der Waals surface area contributed by atoms with Gasteiger partial charge < -0.3 is 9.15 Å². The molecule has 0 atom stereocenters. The lowest BCUT2D eigenvalue weighted by molar-refractivity contribution is 0.240. The summed E-state index contributed by atoms with van der Waals surface area (Å²) < 4.78 is 37.6. The zero-order valence-electron chi connectivity index (χ0n) is 12.3. The molecule has 0 amide bonds. The van der Waals surface area contributed by atoms with Crippen molar-refractivity contribution >= 4 is 10.0 Å². The number of rotatable bonds is 6. The number of hydrogen-bond acceptors (Lipinski definition) is 4. The van der Waals surface area contributed by atoms with Crippen molar-refractivity contribution in [2.45, 2.75) is 38.3 Å². The van der Waals surface area contributed by atoms with E-state index in [-0.39, 0.29) is 17.5 Å². The average molecular weight is 309 g/mol. The van der Waals surface area contributed by atoms with Crippen molar-refractivity contribution in [2.24, 2.45) is 0 Å². The summed E-state index contributed by atoms with van der Waals surface area (Å²) in [6, 6.07) is 8.24. The highest BCUT2D eigenvalue weighted by Crippen LogP contribution is 2.22. The van der Waals surface area contributed by atoms with E-state index in [1.54, 1.807) is 24.3 Å². The standard InChI is InChI=1S/C15H19NO4S/c1-11(2)20-15-7-6-14(9-12(15)3)21(17,18)16-10-13-5-4-8-19-13/h4-9,11,16H,10H2,1-3H3. The number of aryl methyl sites for hydroxylation is 1. The van der Waals surface area contributed by atoms with E-state index in [0.717, 1.165) is 5.56 Å². The molecule has 0 aliphatic carbocycles. The van der Waals surface area contributed by atoms with E-state index < -0.39 is 10.0 Å². The monoisotopic (exact) mass is 309 g/mol. The number of nitrogens with one attached hydrogen (secondary N) is 1. The Morgan fingerprint density at radius 1 is 1.29 bits per heavy atom. The molecule has 0 fully saturated rings. The molecule has 0 saturated heterocycles. The molecule has 0 aliphatic rings. The fourth-order valence-corrected chi connectivity index (χ4v) is 2.92. The SMILES string of the molecule is Cc1cc(S(=O)(=O)NCc2ccco2)ccc1OC(C)C. The van der Waals surface area contributed by atoms with Crippen LogP contribution in [0.5, 0.6) is 5.75 Å². The molecule has 0 aliphatic heterocycles. The van der Waals surface area contributed by atoms with Crippen LogP contribution in [0.4, 0.5) is 0 Å². The van der Waals surface area contributed by atoms with Gasteiger partial charge in [-0.1, -0.05) is 0 Å². The van der Waals surface area contributed by atoms with E-state index >= 15 is 0 Å². The van der Waals surface area contributed by atoms with Crippen molar-refractivity contribution in [3.8, 4) is 5.75 Å². The van der Waals surface area contributed by atoms with E-state index in [1.807, 2.05) is 20.8 Å². The van der Waals surface area contributed by atoms with Gasteiger partial charge in [0.15, 0.2) is 0 Å². The topological polar surface area (TPSA) is 68.5 Å². The van der Waals surface area contributed by atoms with E-state index in [4.69, 9.17) is 9.15 Å². The third kappa shape index (κ3) is 4.09. The molecule has 0 saturated carbocycles. The van der Waals surface area contributed by atoms with Gasteiger partial charge in [0.1, 0.15) is 11.5 Å². The van der Waals surface area contributed by atoms with Crippen LogP contribution in [0.25, 0.3) is 0 Å². The summed E-state index contributed by atoms with van der Waals surface area (Å²) >= 11 is 0. The second kappa shape index (κ2) is 6.32. The number of furan rings is 1. The first-order valence-electron chi connectivity index (χ1n) is 6.68. The predicted octanol–water partition coefficient (Wildman–Crippen LogP) is 2.85. The Kier molecular flexibility index (Phi) is 4.69. The first kappa shape index (κ1) is 15.6. The zero-order chi connectivity index (χ0) is 15.5. The summed E-state index contributed by atoms with van der Waals surface area (Å²) in [6.07, 6.45) is 1.55. The van der Waals surface area contributed by atoms with Gasteiger partial charge in [-0.3, -0.25) is 0 Å². The quantitative estimate of drug-likeness (QED) is 0.891. The van der Waals surface area contributed by atoms with E-state index in [0.29, 0.717) is 11.5 Å². The molecular weight excluding hydrogens is 290 g/mol. The Balaban J connectivity index is 2.14. The number of ether oxygens (including phenoxy) is 1. The minimum atomic E-state index is -3.57. The van der Waals surface area contributed by atoms with Gasteiger partial charge in [0, 0.05) is 0 Å². The molecule has 1 N–H and O–H groups in total. The zero-order valence-corrected chi connectivity index (χ0v) is 13.1. The maximum atomic E-state index is 12.2. The molecule has 0 spiro atoms. The van der Waals surface area contributed by atoms with Gasteiger partial charge in [0.25, 0.3) is 0 Å². The van der Waals surface area contributed by atoms with Crippen molar-refractivity contribution in [3.05, 3.63) is 47.9 Å². The van der Waals surface area contributed by atoms with Crippen LogP contribution in [0.3, 0.4) is 0 Å². The Hall–Kier alpha value is -1.79. The molecule has 2 aromatic rings. The van der Waals surface area contributed by atoms with Gasteiger partial charge in [-0.2, -0.15) is 0 Å². The number of sulfonamides is 1. The maximum Gasteiger partial charge on any atom is 0.240 e. The van der Waals surface area contributed by atoms with Gasteiger partial charge in [-0.25, -0.2) is 13.1 Å². The molecule has 6 heteroatoms. The third-order valence-electron chi connectivity index (χ3n) is 2.84. The van der Waals surface area contributed by atoms with Gasteiger partial charge in [0.2, 0.25) is 10.0 Å². The van der Waals surface area contributed by atoms with Gasteiger partial charge in [0.05, 0.1) is 23.8 Å². The Morgan fingerprint density at radius 2 is 2.05 bits per heavy atom. The molecule has 0 unspecified atom stereocenters. The van der Waals surface area contributed by atoms with Crippen molar-refractivity contribution in [2.75, 3.05) is 0 Å². The van der Waals surface area contributed by atoms with Crippen LogP contribution in [0.15, 0.2) is 45.9 Å². The predicted molar refractivity (Wildman–Crippen MR) is 79.7 cm³/mol. The lowest BCUT2D eigenvalue weighted by Gasteiger charge is -2.13. The average Bonchev–Trinajstić information content (AvgIpc) is 2.91. The van der Waals surface area contributed by atoms with Crippen molar-refractivity contribution in [1.82, 2.24) is 4.72 Å². The molecular formula is C15H19NO4S. The summed E-state index contributed by atoms with van der Waals surface area (Å²) in [6.45, 7) is 5.80. The second-order valence-corrected chi connectivity index (χ2v) is 6.76. The number of benzene rings is 1. The highest BCUT2D eigenvalue weighted by atomic mass is 32.2. The van der Waals surface area contributed by atoms with Crippen LogP contribution >= 0.6 is 0 Å². The van der Waals surface area contributed by atoms with Crippen molar-refractivity contribution in [1.29, 1.82) is 0 Å². The summed E-state index contributed by atoms with van der Waals surface area (Å²) in [5, 5.41) is 0. The third-order valence-corrected chi connectivity index (χ3v) is 4.23. The van der Waals surface area contributed by atoms with Crippen LogP contribution in [0, 0.1) is 6.92 Å². The van der Waals surface area contributed by atoms with E-state index in [1.165, 1.54) is 12.3 Å². The largest absolute Gasteiger partial charge is 0.491 e. The fourth-order valence-electron chi connectivity index (χ4n) is 1.84. The minimum absolute atomic E-state index is 0.0447. The summed E-state index contributed by atoms with van der Waals surface area (Å²) in [4.78, 5) is 0.211. The Labute approximate surface area is 125 Å². The number of hydrogen-bond donors (Lipinski definition) is 1. The van der Waals surface area contributed by atoms with E-state index in [2.05, 4.69) is 4.72 Å². The fraction of sp³-hybridized carbons (Fsp3) is 0.333. The molecule has 2 rings (SSSR count). The molecule has 1 aromatic carbocycles. The highest BCUT2D eigenvalue weighted by molar-refractivity contribution is 7.89. The highest BCUT2D eigenvalue weighted by Gasteiger charge is 2.16. The molecule has 0 bridgehead atoms. The lowest BCUT2D eigenvalue weighted by atomic mass is 10.2. The minimum Gasteiger partial charge on any atom is -0.491 e. The van der Waals surface area contributed by atoms with Gasteiger partial charge in [-0.15, -0.1) is 0 Å². The van der Waals surface area contributed by atoms with Crippen LogP contribution in [0.1, 0.15) is 25.2 Å². The van der Waals surface area contributed by atoms with Gasteiger partial charge in [-0.05, 0) is 56.7 Å². The van der Waals surface area contributed by atoms with Crippen LogP contribution in [-0.4, -0.2) is 14.5 Å². The molecule has 1 heterocycles. The van der Waals surface area contributed by atoms with E-state index in [9.17, 15) is 8.42 Å². The van der Waals surface area contributed by atoms with Crippen LogP contribution in [-0.2, 0) is 16.6 Å². The Bertz CT molecular complexity index is 690. The van der Waals surface area contributed by atoms with Crippen LogP contribution < -0.4 is 9.46 Å². The first-order valence-corrected chi connectivity index (χ1v) is 8.16. The summed E-state index contributed by atoms with van der Waals surface area (Å²) in [5.74, 6) is 1.25. The van der Waals surface area contributed by atoms with Crippen molar-refractivity contribution in [3.63, 3.8) is 0 Å². The smallest absolute Gasteiger partial charge is 0.240 e. The summed E-state index contributed by atoms with van der Waals surface area (Å²) in [7, 11) is -3.57. The summed E-state index contributed by atoms with van der Waals surface area (Å²) in [5.41, 5.74) is 0.782. The molecule has 1 aromatic heterocycles. The molecule has 0 radical (unpaired) electrons. The maximum absolute atomic E-state index is 12.2. The first-order chi connectivity index (χ1) is 9.88. The second-order valence-electron chi connectivity index (χ2n) is 5.00. The van der Waals surface area contributed by atoms with Crippen molar-refractivity contribution < 1.29 is 17.6 Å². The molecule has 114 valence electrons. The molecule has 5 nitrogen and oxygen atoms in total. The molecule has 21 heavy (non-hydrogen) atoms.